The molecule has 2 aromatic rings. The van der Waals surface area contributed by atoms with Gasteiger partial charge in [0.05, 0.1) is 11.0 Å². The van der Waals surface area contributed by atoms with Crippen molar-refractivity contribution in [2.75, 3.05) is 26.2 Å². The highest BCUT2D eigenvalue weighted by Gasteiger charge is 2.20. The fourth-order valence-corrected chi connectivity index (χ4v) is 4.18. The van der Waals surface area contributed by atoms with Crippen molar-refractivity contribution >= 4 is 11.0 Å². The largest absolute Gasteiger partial charge is 0.369 e. The van der Waals surface area contributed by atoms with Crippen LogP contribution in [0.1, 0.15) is 24.2 Å². The highest BCUT2D eigenvalue weighted by Crippen LogP contribution is 2.24. The lowest BCUT2D eigenvalue weighted by Crippen LogP contribution is -2.26. The molecule has 5 rings (SSSR count). The van der Waals surface area contributed by atoms with E-state index in [9.17, 15) is 0 Å². The molecule has 4 nitrogen and oxygen atoms in total. The van der Waals surface area contributed by atoms with E-state index in [-0.39, 0.29) is 0 Å². The Morgan fingerprint density at radius 3 is 2.67 bits per heavy atom. The topological polar surface area (TPSA) is 24.3 Å². The van der Waals surface area contributed by atoms with Gasteiger partial charge < -0.3 is 9.47 Å². The van der Waals surface area contributed by atoms with Crippen LogP contribution >= 0.6 is 0 Å². The Kier molecular flexibility index (Phi) is 3.44. The van der Waals surface area contributed by atoms with Crippen molar-refractivity contribution < 1.29 is 0 Å². The molecule has 24 heavy (non-hydrogen) atoms. The molecule has 4 heteroatoms. The Hall–Kier alpha value is -2.07. The van der Waals surface area contributed by atoms with Crippen LogP contribution in [0.15, 0.2) is 42.1 Å². The van der Waals surface area contributed by atoms with Crippen LogP contribution < -0.4 is 0 Å². The van der Waals surface area contributed by atoms with Crippen molar-refractivity contribution in [1.29, 1.82) is 0 Å². The molecule has 0 saturated carbocycles. The first-order valence-corrected chi connectivity index (χ1v) is 9.20. The maximum atomic E-state index is 4.97. The number of fused-ring (bicyclic) bond motifs is 3. The van der Waals surface area contributed by atoms with Crippen LogP contribution in [0.25, 0.3) is 11.0 Å². The molecule has 0 spiro atoms. The van der Waals surface area contributed by atoms with Crippen molar-refractivity contribution in [3.63, 3.8) is 0 Å². The molecule has 1 fully saturated rings. The first kappa shape index (κ1) is 14.3. The molecule has 0 bridgehead atoms. The summed E-state index contributed by atoms with van der Waals surface area (Å²) in [7, 11) is 0. The number of likely N-dealkylation sites (tertiary alicyclic amines) is 1. The second kappa shape index (κ2) is 5.78. The van der Waals surface area contributed by atoms with E-state index in [0.717, 1.165) is 32.6 Å². The maximum Gasteiger partial charge on any atom is 0.111 e. The summed E-state index contributed by atoms with van der Waals surface area (Å²) < 4.78 is 2.43. The van der Waals surface area contributed by atoms with E-state index in [4.69, 9.17) is 4.98 Å². The smallest absolute Gasteiger partial charge is 0.111 e. The SMILES string of the molecule is C1=CC(N2CCc3nc4cc(CN5CCCC5)ccc4n3CC2)=C1. The molecule has 1 saturated heterocycles. The Labute approximate surface area is 143 Å². The molecule has 0 unspecified atom stereocenters. The number of hydrogen-bond acceptors (Lipinski definition) is 3. The summed E-state index contributed by atoms with van der Waals surface area (Å²) in [4.78, 5) is 10.00. The number of hydrogen-bond donors (Lipinski definition) is 0. The third kappa shape index (κ3) is 2.46. The molecule has 0 amide bonds. The summed E-state index contributed by atoms with van der Waals surface area (Å²) >= 11 is 0. The second-order valence-electron chi connectivity index (χ2n) is 7.17. The van der Waals surface area contributed by atoms with E-state index in [0.29, 0.717) is 0 Å². The molecular formula is C20H24N4. The molecule has 3 heterocycles. The van der Waals surface area contributed by atoms with E-state index >= 15 is 0 Å². The van der Waals surface area contributed by atoms with Gasteiger partial charge in [0, 0.05) is 38.3 Å². The van der Waals surface area contributed by atoms with E-state index in [1.807, 2.05) is 0 Å². The first-order chi connectivity index (χ1) is 11.9. The van der Waals surface area contributed by atoms with Crippen LogP contribution in [-0.4, -0.2) is 45.5 Å². The molecule has 1 aliphatic carbocycles. The first-order valence-electron chi connectivity index (χ1n) is 9.20. The van der Waals surface area contributed by atoms with Gasteiger partial charge in [-0.2, -0.15) is 0 Å². The fourth-order valence-electron chi connectivity index (χ4n) is 4.18. The van der Waals surface area contributed by atoms with Crippen LogP contribution in [0, 0.1) is 0 Å². The van der Waals surface area contributed by atoms with Gasteiger partial charge in [-0.05, 0) is 55.8 Å². The number of aromatic nitrogens is 2. The molecule has 1 aromatic heterocycles. The summed E-state index contributed by atoms with van der Waals surface area (Å²) in [5.41, 5.74) is 5.26. The summed E-state index contributed by atoms with van der Waals surface area (Å²) in [5, 5.41) is 0. The number of nitrogens with zero attached hydrogens (tertiary/aromatic N) is 4. The molecule has 0 N–H and O–H groups in total. The van der Waals surface area contributed by atoms with Gasteiger partial charge in [0.15, 0.2) is 0 Å². The minimum atomic E-state index is 1.03. The zero-order chi connectivity index (χ0) is 15.9. The molecule has 124 valence electrons. The molecule has 3 aliphatic rings. The molecule has 2 aliphatic heterocycles. The number of imidazole rings is 1. The fraction of sp³-hybridized carbons (Fsp3) is 0.450. The van der Waals surface area contributed by atoms with Crippen LogP contribution in [0.2, 0.25) is 0 Å². The normalized spacial score (nSPS) is 20.8. The van der Waals surface area contributed by atoms with Crippen molar-refractivity contribution in [3.05, 3.63) is 53.5 Å². The summed E-state index contributed by atoms with van der Waals surface area (Å²) in [6.45, 7) is 6.74. The van der Waals surface area contributed by atoms with Crippen LogP contribution in [0.5, 0.6) is 0 Å². The van der Waals surface area contributed by atoms with Crippen molar-refractivity contribution in [3.8, 4) is 0 Å². The van der Waals surface area contributed by atoms with Crippen LogP contribution in [0.3, 0.4) is 0 Å². The molecule has 0 radical (unpaired) electrons. The third-order valence-corrected chi connectivity index (χ3v) is 5.59. The monoisotopic (exact) mass is 320 g/mol. The Balaban J connectivity index is 1.39. The molecule has 1 aromatic carbocycles. The van der Waals surface area contributed by atoms with E-state index in [1.54, 1.807) is 0 Å². The number of benzene rings is 1. The van der Waals surface area contributed by atoms with E-state index in [2.05, 4.69) is 50.8 Å². The highest BCUT2D eigenvalue weighted by atomic mass is 15.2. The average molecular weight is 320 g/mol. The van der Waals surface area contributed by atoms with Gasteiger partial charge in [0.1, 0.15) is 5.82 Å². The van der Waals surface area contributed by atoms with Gasteiger partial charge in [-0.1, -0.05) is 12.1 Å². The van der Waals surface area contributed by atoms with Crippen LogP contribution in [0.4, 0.5) is 0 Å². The van der Waals surface area contributed by atoms with E-state index < -0.39 is 0 Å². The van der Waals surface area contributed by atoms with Crippen molar-refractivity contribution in [1.82, 2.24) is 19.4 Å². The van der Waals surface area contributed by atoms with Crippen LogP contribution in [-0.2, 0) is 19.5 Å². The minimum absolute atomic E-state index is 1.03. The Morgan fingerprint density at radius 1 is 1.00 bits per heavy atom. The van der Waals surface area contributed by atoms with Gasteiger partial charge in [-0.25, -0.2) is 4.98 Å². The zero-order valence-corrected chi connectivity index (χ0v) is 14.1. The number of allylic oxidation sites excluding steroid dienone is 3. The lowest BCUT2D eigenvalue weighted by molar-refractivity contribution is 0.331. The molecular weight excluding hydrogens is 296 g/mol. The minimum Gasteiger partial charge on any atom is -0.369 e. The Morgan fingerprint density at radius 2 is 1.88 bits per heavy atom. The maximum absolute atomic E-state index is 4.97. The van der Waals surface area contributed by atoms with Gasteiger partial charge >= 0.3 is 0 Å². The quantitative estimate of drug-likeness (QED) is 0.869. The lowest BCUT2D eigenvalue weighted by atomic mass is 10.2. The summed E-state index contributed by atoms with van der Waals surface area (Å²) in [5.74, 6) is 1.25. The van der Waals surface area contributed by atoms with Gasteiger partial charge in [-0.3, -0.25) is 4.90 Å². The summed E-state index contributed by atoms with van der Waals surface area (Å²) in [6, 6.07) is 6.90. The second-order valence-corrected chi connectivity index (χ2v) is 7.17. The van der Waals surface area contributed by atoms with E-state index in [1.165, 1.54) is 54.0 Å². The van der Waals surface area contributed by atoms with Gasteiger partial charge in [-0.15, -0.1) is 0 Å². The summed E-state index contributed by atoms with van der Waals surface area (Å²) in [6.07, 6.45) is 10.3. The lowest BCUT2D eigenvalue weighted by Gasteiger charge is -2.25. The number of rotatable bonds is 3. The Bertz CT molecular complexity index is 824. The predicted octanol–water partition coefficient (Wildman–Crippen LogP) is 2.94. The highest BCUT2D eigenvalue weighted by molar-refractivity contribution is 5.77. The molecule has 0 atom stereocenters. The predicted molar refractivity (Wildman–Crippen MR) is 96.7 cm³/mol. The van der Waals surface area contributed by atoms with Gasteiger partial charge in [0.2, 0.25) is 0 Å². The van der Waals surface area contributed by atoms with Crippen molar-refractivity contribution in [2.45, 2.75) is 32.4 Å². The zero-order valence-electron chi connectivity index (χ0n) is 14.1. The van der Waals surface area contributed by atoms with Crippen molar-refractivity contribution in [2.24, 2.45) is 0 Å². The van der Waals surface area contributed by atoms with Gasteiger partial charge in [0.25, 0.3) is 0 Å². The average Bonchev–Trinajstić information content (AvgIpc) is 3.11. The standard InChI is InChI=1S/C20H24N4/c1-2-10-22(9-1)15-16-6-7-19-18(14-16)21-20-8-11-23(12-13-24(19)20)17-4-3-5-17/h3-7,14H,1-2,8-13,15H2. The third-order valence-electron chi connectivity index (χ3n) is 5.59.